The molecule has 0 N–H and O–H groups in total. The number of fused-ring (bicyclic) bond motifs is 1. The number of aliphatic imine (C=N–C) groups is 1. The second-order valence-electron chi connectivity index (χ2n) is 5.04. The maximum absolute atomic E-state index is 4.83. The lowest BCUT2D eigenvalue weighted by molar-refractivity contribution is 0.446. The van der Waals surface area contributed by atoms with Crippen molar-refractivity contribution in [1.29, 1.82) is 0 Å². The standard InChI is InChI=1S/C15H19N/c1-2-6-12(7-3-1)14-10-4-8-13-9-5-11-16-15(13)14/h1-3,6-7,13-14H,4-5,8-11H2/t13-,14-/m1/s1. The maximum atomic E-state index is 4.83. The van der Waals surface area contributed by atoms with Crippen LogP contribution in [0.5, 0.6) is 0 Å². The van der Waals surface area contributed by atoms with Gasteiger partial charge in [-0.05, 0) is 37.2 Å². The van der Waals surface area contributed by atoms with Crippen molar-refractivity contribution in [3.63, 3.8) is 0 Å². The molecular formula is C15H19N. The third kappa shape index (κ3) is 1.79. The highest BCUT2D eigenvalue weighted by Gasteiger charge is 2.30. The summed E-state index contributed by atoms with van der Waals surface area (Å²) in [5, 5.41) is 0. The van der Waals surface area contributed by atoms with Crippen molar-refractivity contribution in [2.45, 2.75) is 38.0 Å². The van der Waals surface area contributed by atoms with Crippen LogP contribution in [0.3, 0.4) is 0 Å². The average molecular weight is 213 g/mol. The van der Waals surface area contributed by atoms with Gasteiger partial charge in [-0.3, -0.25) is 4.99 Å². The lowest BCUT2D eigenvalue weighted by Gasteiger charge is -2.34. The summed E-state index contributed by atoms with van der Waals surface area (Å²) in [6, 6.07) is 10.9. The number of hydrogen-bond acceptors (Lipinski definition) is 1. The summed E-state index contributed by atoms with van der Waals surface area (Å²) in [5.74, 6) is 1.42. The van der Waals surface area contributed by atoms with Gasteiger partial charge in [0, 0.05) is 18.2 Å². The van der Waals surface area contributed by atoms with Crippen LogP contribution in [0.2, 0.25) is 0 Å². The zero-order valence-corrected chi connectivity index (χ0v) is 9.73. The molecule has 2 atom stereocenters. The lowest BCUT2D eigenvalue weighted by atomic mass is 9.73. The summed E-state index contributed by atoms with van der Waals surface area (Å²) >= 11 is 0. The summed E-state index contributed by atoms with van der Waals surface area (Å²) in [5.41, 5.74) is 3.00. The first-order valence-corrected chi connectivity index (χ1v) is 6.54. The van der Waals surface area contributed by atoms with E-state index in [1.165, 1.54) is 43.4 Å². The van der Waals surface area contributed by atoms with Crippen molar-refractivity contribution in [2.24, 2.45) is 10.9 Å². The third-order valence-corrected chi connectivity index (χ3v) is 4.03. The van der Waals surface area contributed by atoms with E-state index in [0.29, 0.717) is 5.92 Å². The number of hydrogen-bond donors (Lipinski definition) is 0. The summed E-state index contributed by atoms with van der Waals surface area (Å²) in [6.07, 6.45) is 6.74. The molecule has 1 nitrogen and oxygen atoms in total. The quantitative estimate of drug-likeness (QED) is 0.672. The molecule has 1 heteroatoms. The number of rotatable bonds is 1. The molecule has 0 bridgehead atoms. The first-order chi connectivity index (χ1) is 7.95. The Bertz CT molecular complexity index is 380. The molecule has 1 fully saturated rings. The predicted octanol–water partition coefficient (Wildman–Crippen LogP) is 3.81. The highest BCUT2D eigenvalue weighted by atomic mass is 14.8. The fourth-order valence-corrected chi connectivity index (χ4v) is 3.25. The molecule has 1 aliphatic heterocycles. The van der Waals surface area contributed by atoms with Gasteiger partial charge in [-0.2, -0.15) is 0 Å². The van der Waals surface area contributed by atoms with Crippen LogP contribution in [0.15, 0.2) is 35.3 Å². The Balaban J connectivity index is 1.92. The summed E-state index contributed by atoms with van der Waals surface area (Å²) in [4.78, 5) is 4.83. The maximum Gasteiger partial charge on any atom is 0.0389 e. The van der Waals surface area contributed by atoms with Gasteiger partial charge in [-0.15, -0.1) is 0 Å². The van der Waals surface area contributed by atoms with Gasteiger partial charge in [-0.25, -0.2) is 0 Å². The third-order valence-electron chi connectivity index (χ3n) is 4.03. The Morgan fingerprint density at radius 2 is 1.75 bits per heavy atom. The summed E-state index contributed by atoms with van der Waals surface area (Å²) in [7, 11) is 0. The van der Waals surface area contributed by atoms with Crippen molar-refractivity contribution in [3.8, 4) is 0 Å². The van der Waals surface area contributed by atoms with E-state index in [2.05, 4.69) is 30.3 Å². The zero-order chi connectivity index (χ0) is 10.8. The number of benzene rings is 1. The monoisotopic (exact) mass is 213 g/mol. The highest BCUT2D eigenvalue weighted by Crippen LogP contribution is 2.37. The van der Waals surface area contributed by atoms with Gasteiger partial charge in [0.1, 0.15) is 0 Å². The second-order valence-corrected chi connectivity index (χ2v) is 5.04. The Labute approximate surface area is 97.6 Å². The van der Waals surface area contributed by atoms with Gasteiger partial charge in [0.15, 0.2) is 0 Å². The Kier molecular flexibility index (Phi) is 2.77. The molecular weight excluding hydrogens is 194 g/mol. The molecule has 1 heterocycles. The molecule has 3 rings (SSSR count). The minimum Gasteiger partial charge on any atom is -0.293 e. The van der Waals surface area contributed by atoms with Crippen molar-refractivity contribution < 1.29 is 0 Å². The van der Waals surface area contributed by atoms with Crippen molar-refractivity contribution >= 4 is 5.71 Å². The average Bonchev–Trinajstić information content (AvgIpc) is 2.39. The fourth-order valence-electron chi connectivity index (χ4n) is 3.25. The second kappa shape index (κ2) is 4.40. The molecule has 0 saturated heterocycles. The van der Waals surface area contributed by atoms with E-state index < -0.39 is 0 Å². The van der Waals surface area contributed by atoms with Crippen LogP contribution in [0.25, 0.3) is 0 Å². The van der Waals surface area contributed by atoms with Gasteiger partial charge in [0.25, 0.3) is 0 Å². The molecule has 16 heavy (non-hydrogen) atoms. The predicted molar refractivity (Wildman–Crippen MR) is 68.1 cm³/mol. The number of nitrogens with zero attached hydrogens (tertiary/aromatic N) is 1. The Morgan fingerprint density at radius 3 is 2.62 bits per heavy atom. The zero-order valence-electron chi connectivity index (χ0n) is 9.73. The molecule has 1 aromatic carbocycles. The molecule has 2 aliphatic rings. The molecule has 0 radical (unpaired) electrons. The largest absolute Gasteiger partial charge is 0.293 e. The normalized spacial score (nSPS) is 29.4. The molecule has 1 aliphatic carbocycles. The topological polar surface area (TPSA) is 12.4 Å². The molecule has 0 spiro atoms. The van der Waals surface area contributed by atoms with E-state index in [1.807, 2.05) is 0 Å². The van der Waals surface area contributed by atoms with Gasteiger partial charge in [0.2, 0.25) is 0 Å². The molecule has 0 amide bonds. The fraction of sp³-hybridized carbons (Fsp3) is 0.533. The SMILES string of the molecule is c1ccc([C@H]2CCC[C@@H]3CCCN=C32)cc1. The Hall–Kier alpha value is -1.11. The minimum atomic E-state index is 0.625. The molecule has 0 unspecified atom stereocenters. The first kappa shape index (κ1) is 10.1. The minimum absolute atomic E-state index is 0.625. The van der Waals surface area contributed by atoms with Crippen LogP contribution in [-0.2, 0) is 0 Å². The van der Waals surface area contributed by atoms with E-state index >= 15 is 0 Å². The Morgan fingerprint density at radius 1 is 0.938 bits per heavy atom. The van der Waals surface area contributed by atoms with Crippen LogP contribution in [0.1, 0.15) is 43.6 Å². The molecule has 0 aromatic heterocycles. The summed E-state index contributed by atoms with van der Waals surface area (Å²) < 4.78 is 0. The van der Waals surface area contributed by atoms with E-state index in [-0.39, 0.29) is 0 Å². The van der Waals surface area contributed by atoms with Crippen molar-refractivity contribution in [1.82, 2.24) is 0 Å². The summed E-state index contributed by atoms with van der Waals surface area (Å²) in [6.45, 7) is 1.06. The van der Waals surface area contributed by atoms with Crippen molar-refractivity contribution in [2.75, 3.05) is 6.54 Å². The van der Waals surface area contributed by atoms with E-state index in [1.54, 1.807) is 0 Å². The van der Waals surface area contributed by atoms with Crippen LogP contribution in [-0.4, -0.2) is 12.3 Å². The van der Waals surface area contributed by atoms with E-state index in [4.69, 9.17) is 4.99 Å². The van der Waals surface area contributed by atoms with Crippen LogP contribution >= 0.6 is 0 Å². The van der Waals surface area contributed by atoms with Crippen molar-refractivity contribution in [3.05, 3.63) is 35.9 Å². The highest BCUT2D eigenvalue weighted by molar-refractivity contribution is 5.94. The van der Waals surface area contributed by atoms with Gasteiger partial charge < -0.3 is 0 Å². The van der Waals surface area contributed by atoms with E-state index in [0.717, 1.165) is 12.5 Å². The molecule has 1 saturated carbocycles. The lowest BCUT2D eigenvalue weighted by Crippen LogP contribution is -2.30. The van der Waals surface area contributed by atoms with Gasteiger partial charge in [-0.1, -0.05) is 36.8 Å². The van der Waals surface area contributed by atoms with Gasteiger partial charge in [0.05, 0.1) is 0 Å². The smallest absolute Gasteiger partial charge is 0.0389 e. The van der Waals surface area contributed by atoms with Crippen LogP contribution in [0, 0.1) is 5.92 Å². The van der Waals surface area contributed by atoms with Crippen LogP contribution in [0.4, 0.5) is 0 Å². The van der Waals surface area contributed by atoms with Gasteiger partial charge >= 0.3 is 0 Å². The van der Waals surface area contributed by atoms with E-state index in [9.17, 15) is 0 Å². The molecule has 1 aromatic rings. The molecule has 84 valence electrons. The first-order valence-electron chi connectivity index (χ1n) is 6.54. The van der Waals surface area contributed by atoms with Crippen LogP contribution < -0.4 is 0 Å².